The summed E-state index contributed by atoms with van der Waals surface area (Å²) in [4.78, 5) is 13.5. The molecule has 5 nitrogen and oxygen atoms in total. The fourth-order valence-corrected chi connectivity index (χ4v) is 6.34. The molecule has 0 saturated carbocycles. The number of nitrogens with one attached hydrogen (secondary N) is 1. The maximum atomic E-state index is 6.72. The number of benzene rings is 2. The molecule has 0 radical (unpaired) electrons. The largest absolute Gasteiger partial charge is 0.473 e. The Balaban J connectivity index is 1.58. The Morgan fingerprint density at radius 3 is 2.60 bits per heavy atom. The Morgan fingerprint density at radius 2 is 1.83 bits per heavy atom. The third-order valence-corrected chi connectivity index (χ3v) is 8.30. The zero-order valence-corrected chi connectivity index (χ0v) is 22.1. The van der Waals surface area contributed by atoms with Crippen molar-refractivity contribution in [1.29, 1.82) is 0 Å². The number of fused-ring (bicyclic) bond motifs is 7. The van der Waals surface area contributed by atoms with Crippen LogP contribution in [0.25, 0.3) is 11.3 Å². The second-order valence-corrected chi connectivity index (χ2v) is 10.8. The monoisotopic (exact) mass is 488 g/mol. The smallest absolute Gasteiger partial charge is 0.237 e. The summed E-state index contributed by atoms with van der Waals surface area (Å²) in [6, 6.07) is 17.9. The van der Waals surface area contributed by atoms with Crippen molar-refractivity contribution in [3.8, 4) is 17.1 Å². The molecule has 2 aromatic carbocycles. The van der Waals surface area contributed by atoms with Crippen molar-refractivity contribution >= 4 is 17.9 Å². The number of ether oxygens (including phenoxy) is 1. The molecule has 1 fully saturated rings. The lowest BCUT2D eigenvalue weighted by Gasteiger charge is -2.31. The minimum absolute atomic E-state index is 0.0763. The molecule has 2 aliphatic rings. The van der Waals surface area contributed by atoms with Gasteiger partial charge in [-0.25, -0.2) is 4.98 Å². The van der Waals surface area contributed by atoms with Crippen LogP contribution < -0.4 is 9.46 Å². The maximum absolute atomic E-state index is 6.72. The van der Waals surface area contributed by atoms with Crippen molar-refractivity contribution in [2.24, 2.45) is 0 Å². The van der Waals surface area contributed by atoms with Gasteiger partial charge >= 0.3 is 0 Å². The molecule has 5 rings (SSSR count). The Bertz CT molecular complexity index is 1160. The van der Waals surface area contributed by atoms with Gasteiger partial charge in [0.2, 0.25) is 11.8 Å². The lowest BCUT2D eigenvalue weighted by molar-refractivity contribution is 0.106. The summed E-state index contributed by atoms with van der Waals surface area (Å²) >= 11 is 1.57. The van der Waals surface area contributed by atoms with E-state index in [0.29, 0.717) is 23.8 Å². The highest BCUT2D eigenvalue weighted by Crippen LogP contribution is 2.36. The first kappa shape index (κ1) is 24.1. The molecule has 35 heavy (non-hydrogen) atoms. The van der Waals surface area contributed by atoms with Crippen molar-refractivity contribution < 1.29 is 4.74 Å². The molecule has 184 valence electrons. The van der Waals surface area contributed by atoms with Gasteiger partial charge in [-0.05, 0) is 92.8 Å². The predicted molar refractivity (Wildman–Crippen MR) is 145 cm³/mol. The summed E-state index contributed by atoms with van der Waals surface area (Å²) in [5.41, 5.74) is 5.87. The molecule has 0 aliphatic carbocycles. The fraction of sp³-hybridized carbons (Fsp3) is 0.448. The molecular formula is C29H36N4OS. The Labute approximate surface area is 213 Å². The van der Waals surface area contributed by atoms with Crippen LogP contribution in [-0.2, 0) is 0 Å². The van der Waals surface area contributed by atoms with Gasteiger partial charge < -0.3 is 4.74 Å². The molecule has 2 atom stereocenters. The van der Waals surface area contributed by atoms with Crippen LogP contribution >= 0.6 is 11.9 Å². The SMILES string of the molecule is CCC(CC)N1CCC2C[C@@H](C1)Oc1cc(-c3c(C)cccc3C)nc(n1)NSc1cccc2c1. The summed E-state index contributed by atoms with van der Waals surface area (Å²) in [6.45, 7) is 10.9. The number of rotatable bonds is 4. The minimum Gasteiger partial charge on any atom is -0.473 e. The zero-order chi connectivity index (χ0) is 24.4. The lowest BCUT2D eigenvalue weighted by atomic mass is 9.91. The number of likely N-dealkylation sites (tertiary alicyclic amines) is 1. The van der Waals surface area contributed by atoms with Gasteiger partial charge in [-0.1, -0.05) is 44.2 Å². The predicted octanol–water partition coefficient (Wildman–Crippen LogP) is 7.01. The molecule has 6 heteroatoms. The molecular weight excluding hydrogens is 452 g/mol. The first-order valence-electron chi connectivity index (χ1n) is 12.9. The van der Waals surface area contributed by atoms with E-state index >= 15 is 0 Å². The van der Waals surface area contributed by atoms with Crippen molar-refractivity contribution in [3.63, 3.8) is 0 Å². The number of hydrogen-bond acceptors (Lipinski definition) is 6. The Kier molecular flexibility index (Phi) is 7.30. The van der Waals surface area contributed by atoms with Crippen LogP contribution in [0.5, 0.6) is 5.88 Å². The van der Waals surface area contributed by atoms with Gasteiger partial charge in [0.1, 0.15) is 6.10 Å². The molecule has 1 unspecified atom stereocenters. The zero-order valence-electron chi connectivity index (χ0n) is 21.3. The molecule has 1 saturated heterocycles. The first-order valence-corrected chi connectivity index (χ1v) is 13.7. The van der Waals surface area contributed by atoms with Gasteiger partial charge in [-0.3, -0.25) is 9.62 Å². The van der Waals surface area contributed by atoms with Crippen molar-refractivity contribution in [2.45, 2.75) is 76.3 Å². The van der Waals surface area contributed by atoms with Gasteiger partial charge in [0.15, 0.2) is 0 Å². The number of aromatic nitrogens is 2. The summed E-state index contributed by atoms with van der Waals surface area (Å²) in [5, 5.41) is 0. The van der Waals surface area contributed by atoms with Crippen LogP contribution in [0.2, 0.25) is 0 Å². The Morgan fingerprint density at radius 1 is 1.06 bits per heavy atom. The van der Waals surface area contributed by atoms with E-state index in [4.69, 9.17) is 14.7 Å². The Hall–Kier alpha value is -2.57. The summed E-state index contributed by atoms with van der Waals surface area (Å²) in [6.07, 6.45) is 4.56. The number of nitrogens with zero attached hydrogens (tertiary/aromatic N) is 3. The quantitative estimate of drug-likeness (QED) is 0.399. The minimum atomic E-state index is 0.0763. The lowest BCUT2D eigenvalue weighted by Crippen LogP contribution is -2.40. The number of anilines is 1. The van der Waals surface area contributed by atoms with Gasteiger partial charge in [-0.15, -0.1) is 0 Å². The van der Waals surface area contributed by atoms with Crippen LogP contribution in [-0.4, -0.2) is 40.1 Å². The molecule has 0 amide bonds. The molecule has 1 aromatic heterocycles. The van der Waals surface area contributed by atoms with Crippen LogP contribution in [0.4, 0.5) is 5.95 Å². The van der Waals surface area contributed by atoms with E-state index in [1.807, 2.05) is 6.07 Å². The normalized spacial score (nSPS) is 20.3. The standard InChI is InChI=1S/C29H36N4OS/c1-5-23(6-2)33-14-13-22-15-24(18-33)34-27-17-26(28-19(3)9-7-10-20(28)4)30-29(31-27)32-35-25-12-8-11-21(22)16-25/h7-12,16-17,22-24H,5-6,13-15,18H2,1-4H3,(H,30,31,32)/t22?,24-/m0/s1. The second-order valence-electron chi connectivity index (χ2n) is 9.88. The fourth-order valence-electron chi connectivity index (χ4n) is 5.69. The van der Waals surface area contributed by atoms with Gasteiger partial charge in [0.05, 0.1) is 5.69 Å². The third kappa shape index (κ3) is 5.34. The maximum Gasteiger partial charge on any atom is 0.237 e. The van der Waals surface area contributed by atoms with Crippen LogP contribution in [0, 0.1) is 13.8 Å². The molecule has 1 N–H and O–H groups in total. The van der Waals surface area contributed by atoms with Gasteiger partial charge in [0.25, 0.3) is 0 Å². The van der Waals surface area contributed by atoms with Crippen molar-refractivity contribution in [2.75, 3.05) is 17.8 Å². The highest BCUT2D eigenvalue weighted by molar-refractivity contribution is 8.00. The highest BCUT2D eigenvalue weighted by atomic mass is 32.2. The van der Waals surface area contributed by atoms with Crippen LogP contribution in [0.1, 0.15) is 62.1 Å². The molecule has 3 heterocycles. The van der Waals surface area contributed by atoms with E-state index in [2.05, 4.69) is 79.8 Å². The van der Waals surface area contributed by atoms with Gasteiger partial charge in [-0.2, -0.15) is 4.98 Å². The van der Waals surface area contributed by atoms with Crippen LogP contribution in [0.3, 0.4) is 0 Å². The molecule has 3 aromatic rings. The van der Waals surface area contributed by atoms with E-state index in [9.17, 15) is 0 Å². The number of hydrogen-bond donors (Lipinski definition) is 1. The second kappa shape index (κ2) is 10.6. The molecule has 0 spiro atoms. The number of aryl methyl sites for hydroxylation is 2. The highest BCUT2D eigenvalue weighted by Gasteiger charge is 2.30. The van der Waals surface area contributed by atoms with E-state index < -0.39 is 0 Å². The van der Waals surface area contributed by atoms with Crippen LogP contribution in [0.15, 0.2) is 53.4 Å². The van der Waals surface area contributed by atoms with E-state index in [-0.39, 0.29) is 6.10 Å². The molecule has 6 bridgehead atoms. The third-order valence-electron chi connectivity index (χ3n) is 7.53. The van der Waals surface area contributed by atoms with Crippen molar-refractivity contribution in [3.05, 3.63) is 65.2 Å². The average molecular weight is 489 g/mol. The van der Waals surface area contributed by atoms with E-state index in [0.717, 1.165) is 50.0 Å². The van der Waals surface area contributed by atoms with E-state index in [1.54, 1.807) is 11.9 Å². The van der Waals surface area contributed by atoms with Gasteiger partial charge in [0, 0.05) is 29.1 Å². The summed E-state index contributed by atoms with van der Waals surface area (Å²) in [7, 11) is 0. The average Bonchev–Trinajstić information content (AvgIpc) is 3.06. The van der Waals surface area contributed by atoms with E-state index in [1.165, 1.54) is 21.6 Å². The van der Waals surface area contributed by atoms with Crippen molar-refractivity contribution in [1.82, 2.24) is 14.9 Å². The molecule has 2 aliphatic heterocycles. The topological polar surface area (TPSA) is 50.3 Å². The summed E-state index contributed by atoms with van der Waals surface area (Å²) < 4.78 is 10.1. The summed E-state index contributed by atoms with van der Waals surface area (Å²) in [5.74, 6) is 1.71. The first-order chi connectivity index (χ1) is 17.0.